The highest BCUT2D eigenvalue weighted by atomic mass is 32.2. The monoisotopic (exact) mass is 443 g/mol. The molecular weight excluding hydrogens is 416 g/mol. The second-order valence-corrected chi connectivity index (χ2v) is 7.94. The van der Waals surface area contributed by atoms with Crippen molar-refractivity contribution in [1.82, 2.24) is 14.2 Å². The Morgan fingerprint density at radius 1 is 1.17 bits per heavy atom. The van der Waals surface area contributed by atoms with Gasteiger partial charge >= 0.3 is 0 Å². The van der Waals surface area contributed by atoms with E-state index in [1.807, 2.05) is 0 Å². The minimum atomic E-state index is -4.93. The number of pyridine rings is 1. The van der Waals surface area contributed by atoms with Crippen LogP contribution in [-0.4, -0.2) is 66.2 Å². The van der Waals surface area contributed by atoms with Crippen LogP contribution in [0, 0.1) is 11.6 Å². The Kier molecular flexibility index (Phi) is 3.37. The van der Waals surface area contributed by atoms with E-state index in [0.717, 1.165) is 24.4 Å². The zero-order valence-corrected chi connectivity index (χ0v) is 15.8. The van der Waals surface area contributed by atoms with Crippen molar-refractivity contribution in [3.8, 4) is 0 Å². The van der Waals surface area contributed by atoms with Gasteiger partial charge in [-0.05, 0) is 29.3 Å². The maximum Gasteiger partial charge on any atom is 0.261 e. The second-order valence-electron chi connectivity index (χ2n) is 6.21. The largest absolute Gasteiger partial charge is 0.395 e. The van der Waals surface area contributed by atoms with Crippen LogP contribution in [0.5, 0.6) is 0 Å². The molecule has 2 aromatic rings. The van der Waals surface area contributed by atoms with Gasteiger partial charge in [0.05, 0.1) is 18.0 Å². The first-order valence-corrected chi connectivity index (χ1v) is 9.92. The first-order valence-electron chi connectivity index (χ1n) is 12.5. The van der Waals surface area contributed by atoms with Gasteiger partial charge in [-0.25, -0.2) is 22.2 Å². The van der Waals surface area contributed by atoms with Crippen LogP contribution in [0.4, 0.5) is 8.78 Å². The van der Waals surface area contributed by atoms with Crippen LogP contribution in [0.3, 0.4) is 0 Å². The predicted molar refractivity (Wildman–Crippen MR) is 103 cm³/mol. The highest BCUT2D eigenvalue weighted by Crippen LogP contribution is 2.31. The molecule has 1 N–H and O–H groups in total. The minimum absolute atomic E-state index is 0.0614. The lowest BCUT2D eigenvalue weighted by Crippen LogP contribution is -2.52. The lowest BCUT2D eigenvalue weighted by molar-refractivity contribution is -0.135. The lowest BCUT2D eigenvalue weighted by atomic mass is 9.92. The summed E-state index contributed by atoms with van der Waals surface area (Å²) in [6.45, 7) is -14.1. The maximum absolute atomic E-state index is 14.3. The number of carbonyl (C=O) groups excluding carboxylic acids is 1. The third-order valence-corrected chi connectivity index (χ3v) is 5.74. The molecule has 1 aromatic carbocycles. The molecule has 30 heavy (non-hydrogen) atoms. The molecular formula is C20H19F2N3O4S. The summed E-state index contributed by atoms with van der Waals surface area (Å²) in [5.41, 5.74) is -2.94. The van der Waals surface area contributed by atoms with Crippen LogP contribution < -0.4 is 0 Å². The van der Waals surface area contributed by atoms with Crippen LogP contribution in [0.25, 0.3) is 0 Å². The van der Waals surface area contributed by atoms with E-state index in [-0.39, 0.29) is 9.21 Å². The van der Waals surface area contributed by atoms with Gasteiger partial charge in [0.1, 0.15) is 11.6 Å². The molecule has 2 aliphatic heterocycles. The molecule has 10 heteroatoms. The fourth-order valence-corrected chi connectivity index (χ4v) is 3.78. The lowest BCUT2D eigenvalue weighted by Gasteiger charge is -2.42. The molecule has 158 valence electrons. The van der Waals surface area contributed by atoms with Crippen LogP contribution in [0.15, 0.2) is 58.8 Å². The SMILES string of the molecule is [2H]C1([2H])C(=C2C([2H])([2H])N(S(=O)(=O)c3ccccn3)C2([2H])[2H])C([2H])([2H])N1C(=O)[C@H](CO)c1ccc(F)cc1F. The van der Waals surface area contributed by atoms with Crippen LogP contribution in [0.2, 0.25) is 0 Å². The van der Waals surface area contributed by atoms with Crippen LogP contribution >= 0.6 is 0 Å². The Morgan fingerprint density at radius 2 is 1.87 bits per heavy atom. The number of sulfonamides is 1. The average molecular weight is 444 g/mol. The van der Waals surface area contributed by atoms with Crippen molar-refractivity contribution in [2.75, 3.05) is 32.6 Å². The minimum Gasteiger partial charge on any atom is -0.395 e. The van der Waals surface area contributed by atoms with E-state index in [0.29, 0.717) is 6.07 Å². The van der Waals surface area contributed by atoms with E-state index in [9.17, 15) is 27.1 Å². The van der Waals surface area contributed by atoms with E-state index in [4.69, 9.17) is 11.0 Å². The van der Waals surface area contributed by atoms with Crippen molar-refractivity contribution in [3.63, 3.8) is 0 Å². The normalized spacial score (nSPS) is 28.7. The smallest absolute Gasteiger partial charge is 0.261 e. The van der Waals surface area contributed by atoms with Gasteiger partial charge in [-0.15, -0.1) is 0 Å². The number of aromatic nitrogens is 1. The van der Waals surface area contributed by atoms with E-state index >= 15 is 0 Å². The number of hydrogen-bond acceptors (Lipinski definition) is 5. The predicted octanol–water partition coefficient (Wildman–Crippen LogP) is 1.28. The van der Waals surface area contributed by atoms with Gasteiger partial charge in [-0.2, -0.15) is 4.31 Å². The number of halogens is 2. The van der Waals surface area contributed by atoms with Gasteiger partial charge in [0.25, 0.3) is 10.0 Å². The van der Waals surface area contributed by atoms with Gasteiger partial charge in [-0.3, -0.25) is 4.79 Å². The summed E-state index contributed by atoms with van der Waals surface area (Å²) in [5.74, 6) is -5.64. The summed E-state index contributed by atoms with van der Waals surface area (Å²) >= 11 is 0. The van der Waals surface area contributed by atoms with Crippen molar-refractivity contribution in [3.05, 3.63) is 70.9 Å². The number of rotatable bonds is 5. The number of nitrogens with zero attached hydrogens (tertiary/aromatic N) is 3. The molecule has 0 spiro atoms. The Hall–Kier alpha value is -2.69. The van der Waals surface area contributed by atoms with E-state index in [2.05, 4.69) is 4.98 Å². The average Bonchev–Trinajstić information content (AvgIpc) is 2.78. The molecule has 1 amide bonds. The summed E-state index contributed by atoms with van der Waals surface area (Å²) in [5, 5.41) is 9.01. The summed E-state index contributed by atoms with van der Waals surface area (Å²) in [6, 6.07) is 5.61. The number of aliphatic hydroxyl groups excluding tert-OH is 1. The molecule has 7 nitrogen and oxygen atoms in total. The standard InChI is InChI=1S/C20H19F2N3O4S/c21-15-4-5-16(18(22)7-15)17(12-26)20(27)24-8-13(9-24)14-10-25(11-14)30(28,29)19-3-1-2-6-23-19/h1-7,17,26H,8-12H2/t17-/m1/s1/i8D2,9D2,10D2,11D2. The molecule has 1 atom stereocenters. The molecule has 0 radical (unpaired) electrons. The van der Waals surface area contributed by atoms with Crippen molar-refractivity contribution in [2.45, 2.75) is 10.9 Å². The van der Waals surface area contributed by atoms with Gasteiger partial charge in [0.15, 0.2) is 5.03 Å². The first-order chi connectivity index (χ1) is 17.4. The van der Waals surface area contributed by atoms with Crippen LogP contribution in [-0.2, 0) is 14.8 Å². The maximum atomic E-state index is 14.3. The molecule has 2 aliphatic rings. The van der Waals surface area contributed by atoms with Crippen molar-refractivity contribution < 1.29 is 38.1 Å². The quantitative estimate of drug-likeness (QED) is 0.703. The number of carbonyl (C=O) groups is 1. The fraction of sp³-hybridized carbons (Fsp3) is 0.300. The molecule has 3 heterocycles. The third-order valence-electron chi connectivity index (χ3n) is 4.31. The second kappa shape index (κ2) is 7.86. The fourth-order valence-electron chi connectivity index (χ4n) is 2.72. The van der Waals surface area contributed by atoms with Gasteiger partial charge in [0, 0.05) is 49.3 Å². The van der Waals surface area contributed by atoms with Gasteiger partial charge in [0.2, 0.25) is 5.91 Å². The van der Waals surface area contributed by atoms with E-state index in [1.165, 1.54) is 12.1 Å². The third kappa shape index (κ3) is 3.62. The molecule has 4 rings (SSSR count). The molecule has 0 aliphatic carbocycles. The number of likely N-dealkylation sites (tertiary alicyclic amines) is 1. The zero-order chi connectivity index (χ0) is 28.6. The van der Waals surface area contributed by atoms with Crippen molar-refractivity contribution in [2.24, 2.45) is 0 Å². The summed E-state index contributed by atoms with van der Waals surface area (Å²) in [6.07, 6.45) is 1.07. The summed E-state index contributed by atoms with van der Waals surface area (Å²) in [4.78, 5) is 16.7. The van der Waals surface area contributed by atoms with Gasteiger partial charge < -0.3 is 10.0 Å². The Balaban J connectivity index is 1.78. The van der Waals surface area contributed by atoms with Crippen molar-refractivity contribution >= 4 is 15.9 Å². The van der Waals surface area contributed by atoms with E-state index in [1.54, 1.807) is 0 Å². The Labute approximate surface area is 183 Å². The molecule has 0 unspecified atom stereocenters. The molecule has 2 saturated heterocycles. The number of benzene rings is 1. The number of aliphatic hydroxyl groups is 1. The van der Waals surface area contributed by atoms with Gasteiger partial charge in [-0.1, -0.05) is 12.1 Å². The first kappa shape index (κ1) is 12.9. The molecule has 1 aromatic heterocycles. The topological polar surface area (TPSA) is 90.8 Å². The highest BCUT2D eigenvalue weighted by Gasteiger charge is 2.39. The Morgan fingerprint density at radius 3 is 2.47 bits per heavy atom. The van der Waals surface area contributed by atoms with Crippen molar-refractivity contribution in [1.29, 1.82) is 0 Å². The Bertz CT molecular complexity index is 1420. The molecule has 2 fully saturated rings. The summed E-state index contributed by atoms with van der Waals surface area (Å²) < 4.78 is 120. The van der Waals surface area contributed by atoms with E-state index < -0.39 is 87.8 Å². The number of amides is 1. The number of hydrogen-bond donors (Lipinski definition) is 1. The summed E-state index contributed by atoms with van der Waals surface area (Å²) in [7, 11) is -4.93. The highest BCUT2D eigenvalue weighted by molar-refractivity contribution is 7.89. The zero-order valence-electron chi connectivity index (χ0n) is 23.0. The molecule has 0 saturated carbocycles. The van der Waals surface area contributed by atoms with Crippen LogP contribution in [0.1, 0.15) is 22.4 Å². The molecule has 0 bridgehead atoms.